The zero-order valence-electron chi connectivity index (χ0n) is 18.4. The quantitative estimate of drug-likeness (QED) is 0.692. The van der Waals surface area contributed by atoms with E-state index in [2.05, 4.69) is 20.5 Å². The third kappa shape index (κ3) is 5.82. The molecule has 0 atom stereocenters. The number of rotatable bonds is 7. The Morgan fingerprint density at radius 2 is 1.81 bits per heavy atom. The van der Waals surface area contributed by atoms with Gasteiger partial charge < -0.3 is 20.3 Å². The van der Waals surface area contributed by atoms with Crippen molar-refractivity contribution in [1.29, 1.82) is 0 Å². The van der Waals surface area contributed by atoms with Crippen molar-refractivity contribution >= 4 is 23.5 Å². The lowest BCUT2D eigenvalue weighted by molar-refractivity contribution is -0.125. The van der Waals surface area contributed by atoms with Gasteiger partial charge in [-0.1, -0.05) is 37.5 Å². The van der Waals surface area contributed by atoms with E-state index in [0.717, 1.165) is 25.7 Å². The smallest absolute Gasteiger partial charge is 0.259 e. The molecule has 1 aromatic carbocycles. The van der Waals surface area contributed by atoms with E-state index in [-0.39, 0.29) is 17.7 Å². The molecule has 4 rings (SSSR count). The lowest BCUT2D eigenvalue weighted by Crippen LogP contribution is -2.38. The predicted molar refractivity (Wildman–Crippen MR) is 123 cm³/mol. The first-order valence-corrected chi connectivity index (χ1v) is 11.5. The Hall–Kier alpha value is -3.00. The van der Waals surface area contributed by atoms with Crippen LogP contribution in [0.4, 0.5) is 11.6 Å². The fourth-order valence-electron chi connectivity index (χ4n) is 4.24. The summed E-state index contributed by atoms with van der Waals surface area (Å²) in [6.07, 6.45) is 7.45. The predicted octanol–water partition coefficient (Wildman–Crippen LogP) is 2.80. The van der Waals surface area contributed by atoms with E-state index in [1.54, 1.807) is 6.20 Å². The molecule has 2 N–H and O–H groups in total. The Morgan fingerprint density at radius 3 is 2.56 bits per heavy atom. The van der Waals surface area contributed by atoms with Crippen molar-refractivity contribution in [3.63, 3.8) is 0 Å². The number of hydrogen-bond acceptors (Lipinski definition) is 6. The molecule has 1 aromatic heterocycles. The molecule has 0 unspecified atom stereocenters. The summed E-state index contributed by atoms with van der Waals surface area (Å²) in [6, 6.07) is 9.32. The van der Waals surface area contributed by atoms with E-state index >= 15 is 0 Å². The summed E-state index contributed by atoms with van der Waals surface area (Å²) in [5.41, 5.74) is 1.78. The first kappa shape index (κ1) is 22.2. The van der Waals surface area contributed by atoms with Crippen molar-refractivity contribution in [1.82, 2.24) is 15.3 Å². The SMILES string of the molecule is O=C(Nc1ccccc1)c1cnc(N2CCOCC2)nc1CCNC(=O)C1CCCCC1. The van der Waals surface area contributed by atoms with Crippen LogP contribution in [-0.4, -0.2) is 54.6 Å². The molecule has 0 radical (unpaired) electrons. The molecular formula is C24H31N5O3. The number of anilines is 2. The topological polar surface area (TPSA) is 96.5 Å². The van der Waals surface area contributed by atoms with Gasteiger partial charge in [-0.05, 0) is 25.0 Å². The van der Waals surface area contributed by atoms with Crippen LogP contribution in [0.1, 0.15) is 48.2 Å². The minimum Gasteiger partial charge on any atom is -0.378 e. The average molecular weight is 438 g/mol. The van der Waals surface area contributed by atoms with Gasteiger partial charge in [-0.25, -0.2) is 9.97 Å². The molecule has 0 bridgehead atoms. The van der Waals surface area contributed by atoms with Gasteiger partial charge in [-0.2, -0.15) is 0 Å². The zero-order valence-corrected chi connectivity index (χ0v) is 18.4. The summed E-state index contributed by atoms with van der Waals surface area (Å²) in [5, 5.41) is 5.96. The summed E-state index contributed by atoms with van der Waals surface area (Å²) < 4.78 is 5.42. The number of benzene rings is 1. The van der Waals surface area contributed by atoms with E-state index in [0.29, 0.717) is 62.2 Å². The highest BCUT2D eigenvalue weighted by Crippen LogP contribution is 2.23. The molecular weight excluding hydrogens is 406 g/mol. The van der Waals surface area contributed by atoms with Crippen LogP contribution in [0.15, 0.2) is 36.5 Å². The highest BCUT2D eigenvalue weighted by molar-refractivity contribution is 6.04. The van der Waals surface area contributed by atoms with Gasteiger partial charge in [0.15, 0.2) is 0 Å². The summed E-state index contributed by atoms with van der Waals surface area (Å²) in [5.74, 6) is 0.567. The van der Waals surface area contributed by atoms with Gasteiger partial charge in [-0.15, -0.1) is 0 Å². The molecule has 32 heavy (non-hydrogen) atoms. The summed E-state index contributed by atoms with van der Waals surface area (Å²) >= 11 is 0. The van der Waals surface area contributed by atoms with Gasteiger partial charge in [0.25, 0.3) is 5.91 Å². The van der Waals surface area contributed by atoms with Crippen molar-refractivity contribution < 1.29 is 14.3 Å². The summed E-state index contributed by atoms with van der Waals surface area (Å²) in [6.45, 7) is 3.14. The molecule has 1 aliphatic carbocycles. The van der Waals surface area contributed by atoms with E-state index in [1.807, 2.05) is 30.3 Å². The fraction of sp³-hybridized carbons (Fsp3) is 0.500. The number of para-hydroxylation sites is 1. The number of nitrogens with one attached hydrogen (secondary N) is 2. The van der Waals surface area contributed by atoms with E-state index in [1.165, 1.54) is 6.42 Å². The maximum absolute atomic E-state index is 13.0. The van der Waals surface area contributed by atoms with Crippen molar-refractivity contribution in [2.75, 3.05) is 43.1 Å². The zero-order chi connectivity index (χ0) is 22.2. The lowest BCUT2D eigenvalue weighted by atomic mass is 9.88. The number of aromatic nitrogens is 2. The van der Waals surface area contributed by atoms with Crippen LogP contribution in [0.2, 0.25) is 0 Å². The third-order valence-electron chi connectivity index (χ3n) is 6.06. The van der Waals surface area contributed by atoms with Gasteiger partial charge in [0.2, 0.25) is 11.9 Å². The normalized spacial score (nSPS) is 17.1. The highest BCUT2D eigenvalue weighted by Gasteiger charge is 2.22. The number of amides is 2. The lowest BCUT2D eigenvalue weighted by Gasteiger charge is -2.27. The standard InChI is InChI=1S/C24H31N5O3/c30-22(18-7-3-1-4-8-18)25-12-11-21-20(23(31)27-19-9-5-2-6-10-19)17-26-24(28-21)29-13-15-32-16-14-29/h2,5-6,9-10,17-18H,1,3-4,7-8,11-16H2,(H,25,30)(H,27,31). The Balaban J connectivity index is 1.47. The molecule has 2 fully saturated rings. The van der Waals surface area contributed by atoms with Gasteiger partial charge in [0, 0.05) is 43.9 Å². The molecule has 8 nitrogen and oxygen atoms in total. The maximum Gasteiger partial charge on any atom is 0.259 e. The van der Waals surface area contributed by atoms with Crippen LogP contribution in [0, 0.1) is 5.92 Å². The van der Waals surface area contributed by atoms with E-state index in [4.69, 9.17) is 9.72 Å². The second kappa shape index (κ2) is 11.0. The first-order chi connectivity index (χ1) is 15.7. The third-order valence-corrected chi connectivity index (χ3v) is 6.06. The molecule has 2 aliphatic rings. The number of hydrogen-bond donors (Lipinski definition) is 2. The number of morpholine rings is 1. The van der Waals surface area contributed by atoms with Gasteiger partial charge in [0.05, 0.1) is 24.5 Å². The number of carbonyl (C=O) groups is 2. The van der Waals surface area contributed by atoms with Crippen LogP contribution in [-0.2, 0) is 16.0 Å². The van der Waals surface area contributed by atoms with Crippen molar-refractivity contribution in [3.8, 4) is 0 Å². The van der Waals surface area contributed by atoms with E-state index in [9.17, 15) is 9.59 Å². The Kier molecular flexibility index (Phi) is 7.66. The molecule has 2 amide bonds. The molecule has 2 aromatic rings. The van der Waals surface area contributed by atoms with Gasteiger partial charge in [-0.3, -0.25) is 9.59 Å². The molecule has 0 spiro atoms. The van der Waals surface area contributed by atoms with Crippen molar-refractivity contribution in [3.05, 3.63) is 47.8 Å². The molecule has 1 aliphatic heterocycles. The molecule has 8 heteroatoms. The fourth-order valence-corrected chi connectivity index (χ4v) is 4.24. The molecule has 1 saturated carbocycles. The Labute approximate surface area is 188 Å². The Bertz CT molecular complexity index is 909. The van der Waals surface area contributed by atoms with Crippen LogP contribution in [0.5, 0.6) is 0 Å². The Morgan fingerprint density at radius 1 is 1.06 bits per heavy atom. The minimum atomic E-state index is -0.252. The van der Waals surface area contributed by atoms with Crippen LogP contribution < -0.4 is 15.5 Å². The highest BCUT2D eigenvalue weighted by atomic mass is 16.5. The van der Waals surface area contributed by atoms with Crippen LogP contribution in [0.3, 0.4) is 0 Å². The van der Waals surface area contributed by atoms with E-state index < -0.39 is 0 Å². The number of carbonyl (C=O) groups excluding carboxylic acids is 2. The number of ether oxygens (including phenoxy) is 1. The molecule has 170 valence electrons. The summed E-state index contributed by atoms with van der Waals surface area (Å²) in [4.78, 5) is 36.7. The van der Waals surface area contributed by atoms with Gasteiger partial charge in [0.1, 0.15) is 0 Å². The largest absolute Gasteiger partial charge is 0.378 e. The van der Waals surface area contributed by atoms with Crippen molar-refractivity contribution in [2.24, 2.45) is 5.92 Å². The first-order valence-electron chi connectivity index (χ1n) is 11.5. The maximum atomic E-state index is 13.0. The average Bonchev–Trinajstić information content (AvgIpc) is 2.85. The van der Waals surface area contributed by atoms with Crippen molar-refractivity contribution in [2.45, 2.75) is 38.5 Å². The molecule has 1 saturated heterocycles. The monoisotopic (exact) mass is 437 g/mol. The van der Waals surface area contributed by atoms with Gasteiger partial charge >= 0.3 is 0 Å². The molecule has 2 heterocycles. The number of nitrogens with zero attached hydrogens (tertiary/aromatic N) is 3. The minimum absolute atomic E-state index is 0.110. The van der Waals surface area contributed by atoms with Crippen LogP contribution >= 0.6 is 0 Å². The summed E-state index contributed by atoms with van der Waals surface area (Å²) in [7, 11) is 0. The second-order valence-corrected chi connectivity index (χ2v) is 8.33. The second-order valence-electron chi connectivity index (χ2n) is 8.33. The van der Waals surface area contributed by atoms with Crippen LogP contribution in [0.25, 0.3) is 0 Å².